The Morgan fingerprint density at radius 3 is 2.39 bits per heavy atom. The number of anilines is 4. The smallest absolute Gasteiger partial charge is 0.274 e. The van der Waals surface area contributed by atoms with Crippen LogP contribution in [0.15, 0.2) is 60.8 Å². The fourth-order valence-electron chi connectivity index (χ4n) is 2.73. The summed E-state index contributed by atoms with van der Waals surface area (Å²) in [4.78, 5) is 28.0. The third-order valence-corrected chi connectivity index (χ3v) is 4.11. The summed E-state index contributed by atoms with van der Waals surface area (Å²) in [5.74, 6) is -0.407. The second-order valence-corrected chi connectivity index (χ2v) is 6.59. The molecule has 1 heterocycles. The lowest BCUT2D eigenvalue weighted by Crippen LogP contribution is -2.14. The van der Waals surface area contributed by atoms with E-state index in [0.717, 1.165) is 28.2 Å². The first kappa shape index (κ1) is 19.1. The number of benzene rings is 2. The third-order valence-electron chi connectivity index (χ3n) is 4.11. The van der Waals surface area contributed by atoms with E-state index in [1.165, 1.54) is 6.92 Å². The Kier molecular flexibility index (Phi) is 5.69. The first-order valence-electron chi connectivity index (χ1n) is 8.90. The summed E-state index contributed by atoms with van der Waals surface area (Å²) in [6, 6.07) is 16.7. The van der Waals surface area contributed by atoms with E-state index in [0.29, 0.717) is 11.4 Å². The normalized spacial score (nSPS) is 10.2. The summed E-state index contributed by atoms with van der Waals surface area (Å²) in [5, 5.41) is 8.88. The zero-order valence-electron chi connectivity index (χ0n) is 16.0. The molecule has 0 radical (unpaired) electrons. The number of rotatable bonds is 5. The molecule has 0 aliphatic heterocycles. The lowest BCUT2D eigenvalue weighted by Gasteiger charge is -2.11. The highest BCUT2D eigenvalue weighted by Crippen LogP contribution is 2.21. The Bertz CT molecular complexity index is 1030. The molecule has 6 heteroatoms. The molecule has 6 nitrogen and oxygen atoms in total. The van der Waals surface area contributed by atoms with E-state index in [9.17, 15) is 9.59 Å². The Hall–Kier alpha value is -3.67. The van der Waals surface area contributed by atoms with Crippen LogP contribution in [0.4, 0.5) is 22.7 Å². The number of pyridine rings is 1. The highest BCUT2D eigenvalue weighted by Gasteiger charge is 2.10. The maximum atomic E-state index is 12.6. The minimum atomic E-state index is -0.274. The highest BCUT2D eigenvalue weighted by atomic mass is 16.2. The first-order valence-corrected chi connectivity index (χ1v) is 8.90. The molecule has 0 spiro atoms. The van der Waals surface area contributed by atoms with Gasteiger partial charge in [0.05, 0.1) is 0 Å². The van der Waals surface area contributed by atoms with Crippen molar-refractivity contribution in [2.24, 2.45) is 0 Å². The first-order chi connectivity index (χ1) is 13.4. The van der Waals surface area contributed by atoms with E-state index in [1.54, 1.807) is 18.3 Å². The molecule has 1 aromatic heterocycles. The molecule has 0 saturated carbocycles. The summed E-state index contributed by atoms with van der Waals surface area (Å²) in [5.41, 5.74) is 5.35. The molecule has 0 bridgehead atoms. The molecule has 2 amide bonds. The number of carbonyl (C=O) groups is 2. The molecule has 0 saturated heterocycles. The van der Waals surface area contributed by atoms with Crippen molar-refractivity contribution in [3.63, 3.8) is 0 Å². The zero-order chi connectivity index (χ0) is 20.1. The van der Waals surface area contributed by atoms with Crippen LogP contribution in [0.5, 0.6) is 0 Å². The number of amides is 2. The van der Waals surface area contributed by atoms with E-state index in [4.69, 9.17) is 0 Å². The van der Waals surface area contributed by atoms with E-state index >= 15 is 0 Å². The Balaban J connectivity index is 1.76. The maximum absolute atomic E-state index is 12.6. The van der Waals surface area contributed by atoms with Gasteiger partial charge in [0.15, 0.2) is 0 Å². The number of nitrogens with one attached hydrogen (secondary N) is 3. The molecule has 2 aromatic carbocycles. The van der Waals surface area contributed by atoms with Gasteiger partial charge in [-0.05, 0) is 61.4 Å². The largest absolute Gasteiger partial charge is 0.355 e. The minimum Gasteiger partial charge on any atom is -0.355 e. The predicted octanol–water partition coefficient (Wildman–Crippen LogP) is 4.65. The summed E-state index contributed by atoms with van der Waals surface area (Å²) >= 11 is 0. The van der Waals surface area contributed by atoms with Gasteiger partial charge < -0.3 is 16.0 Å². The van der Waals surface area contributed by atoms with Crippen LogP contribution in [-0.4, -0.2) is 16.8 Å². The quantitative estimate of drug-likeness (QED) is 0.607. The summed E-state index contributed by atoms with van der Waals surface area (Å²) in [7, 11) is 0. The SMILES string of the molecule is CC(=O)Nc1cccc(Nc2ccnc(C(=O)Nc3cc(C)ccc3C)c2)c1. The number of hydrogen-bond acceptors (Lipinski definition) is 4. The fraction of sp³-hybridized carbons (Fsp3) is 0.136. The van der Waals surface area contributed by atoms with Crippen LogP contribution in [0.2, 0.25) is 0 Å². The Labute approximate surface area is 164 Å². The van der Waals surface area contributed by atoms with Crippen LogP contribution in [0, 0.1) is 13.8 Å². The van der Waals surface area contributed by atoms with Gasteiger partial charge in [-0.1, -0.05) is 18.2 Å². The monoisotopic (exact) mass is 374 g/mol. The summed E-state index contributed by atoms with van der Waals surface area (Å²) in [6.45, 7) is 5.39. The second kappa shape index (κ2) is 8.35. The molecule has 3 N–H and O–H groups in total. The standard InChI is InChI=1S/C22H22N4O2/c1-14-7-8-15(2)20(11-14)26-22(28)21-13-19(9-10-23-21)25-18-6-4-5-17(12-18)24-16(3)27/h4-13H,1-3H3,(H,23,25)(H,24,27)(H,26,28). The molecule has 142 valence electrons. The molecule has 0 fully saturated rings. The van der Waals surface area contributed by atoms with E-state index in [2.05, 4.69) is 20.9 Å². The molecular formula is C22H22N4O2. The van der Waals surface area contributed by atoms with Crippen molar-refractivity contribution < 1.29 is 9.59 Å². The summed E-state index contributed by atoms with van der Waals surface area (Å²) in [6.07, 6.45) is 1.58. The predicted molar refractivity (Wildman–Crippen MR) is 112 cm³/mol. The lowest BCUT2D eigenvalue weighted by atomic mass is 10.1. The molecule has 0 aliphatic rings. The highest BCUT2D eigenvalue weighted by molar-refractivity contribution is 6.03. The van der Waals surface area contributed by atoms with Gasteiger partial charge in [0, 0.05) is 35.9 Å². The summed E-state index contributed by atoms with van der Waals surface area (Å²) < 4.78 is 0. The molecule has 28 heavy (non-hydrogen) atoms. The number of aryl methyl sites for hydroxylation is 2. The molecule has 0 atom stereocenters. The van der Waals surface area contributed by atoms with Crippen molar-refractivity contribution >= 4 is 34.6 Å². The average molecular weight is 374 g/mol. The van der Waals surface area contributed by atoms with Crippen LogP contribution in [0.25, 0.3) is 0 Å². The average Bonchev–Trinajstić information content (AvgIpc) is 2.64. The van der Waals surface area contributed by atoms with Crippen molar-refractivity contribution in [3.05, 3.63) is 77.6 Å². The number of aromatic nitrogens is 1. The van der Waals surface area contributed by atoms with Crippen LogP contribution in [0.3, 0.4) is 0 Å². The van der Waals surface area contributed by atoms with Crippen LogP contribution in [-0.2, 0) is 4.79 Å². The van der Waals surface area contributed by atoms with Gasteiger partial charge >= 0.3 is 0 Å². The van der Waals surface area contributed by atoms with Crippen molar-refractivity contribution in [3.8, 4) is 0 Å². The molecule has 3 rings (SSSR count). The Morgan fingerprint density at radius 1 is 0.857 bits per heavy atom. The minimum absolute atomic E-state index is 0.133. The van der Waals surface area contributed by atoms with Gasteiger partial charge in [-0.15, -0.1) is 0 Å². The molecule has 3 aromatic rings. The van der Waals surface area contributed by atoms with Crippen molar-refractivity contribution in [2.45, 2.75) is 20.8 Å². The van der Waals surface area contributed by atoms with Gasteiger partial charge in [0.25, 0.3) is 5.91 Å². The maximum Gasteiger partial charge on any atom is 0.274 e. The van der Waals surface area contributed by atoms with Gasteiger partial charge in [-0.25, -0.2) is 0 Å². The molecule has 0 unspecified atom stereocenters. The van der Waals surface area contributed by atoms with Gasteiger partial charge in [-0.2, -0.15) is 0 Å². The van der Waals surface area contributed by atoms with Crippen molar-refractivity contribution in [1.29, 1.82) is 0 Å². The lowest BCUT2D eigenvalue weighted by molar-refractivity contribution is -0.114. The molecular weight excluding hydrogens is 352 g/mol. The van der Waals surface area contributed by atoms with Crippen molar-refractivity contribution in [1.82, 2.24) is 4.98 Å². The van der Waals surface area contributed by atoms with E-state index in [-0.39, 0.29) is 11.8 Å². The van der Waals surface area contributed by atoms with E-state index in [1.807, 2.05) is 56.3 Å². The van der Waals surface area contributed by atoms with Crippen molar-refractivity contribution in [2.75, 3.05) is 16.0 Å². The van der Waals surface area contributed by atoms with Crippen LogP contribution < -0.4 is 16.0 Å². The third kappa shape index (κ3) is 4.94. The second-order valence-electron chi connectivity index (χ2n) is 6.59. The molecule has 0 aliphatic carbocycles. The van der Waals surface area contributed by atoms with Crippen LogP contribution in [0.1, 0.15) is 28.5 Å². The van der Waals surface area contributed by atoms with Crippen LogP contribution >= 0.6 is 0 Å². The van der Waals surface area contributed by atoms with E-state index < -0.39 is 0 Å². The Morgan fingerprint density at radius 2 is 1.61 bits per heavy atom. The number of hydrogen-bond donors (Lipinski definition) is 3. The van der Waals surface area contributed by atoms with Gasteiger partial charge in [0.2, 0.25) is 5.91 Å². The number of nitrogens with zero attached hydrogens (tertiary/aromatic N) is 1. The van der Waals surface area contributed by atoms with Gasteiger partial charge in [-0.3, -0.25) is 14.6 Å². The number of carbonyl (C=O) groups excluding carboxylic acids is 2. The fourth-order valence-corrected chi connectivity index (χ4v) is 2.73. The topological polar surface area (TPSA) is 83.1 Å². The van der Waals surface area contributed by atoms with Gasteiger partial charge in [0.1, 0.15) is 5.69 Å². The zero-order valence-corrected chi connectivity index (χ0v) is 16.0.